The Bertz CT molecular complexity index is 963. The first-order valence-corrected chi connectivity index (χ1v) is 11.3. The highest BCUT2D eigenvalue weighted by Gasteiger charge is 2.31. The maximum absolute atomic E-state index is 13.0. The van der Waals surface area contributed by atoms with Crippen molar-refractivity contribution in [1.29, 1.82) is 0 Å². The van der Waals surface area contributed by atoms with Crippen LogP contribution < -0.4 is 4.74 Å². The SMILES string of the molecule is CCOc1ccc(CC(=O)N2CCN(S(=O)(=O)c3cc(C)ccc3C)CC2)cc1. The smallest absolute Gasteiger partial charge is 0.243 e. The molecule has 3 rings (SSSR count). The van der Waals surface area contributed by atoms with Gasteiger partial charge in [0, 0.05) is 26.2 Å². The van der Waals surface area contributed by atoms with Crippen LogP contribution in [0.4, 0.5) is 0 Å². The number of nitrogens with zero attached hydrogens (tertiary/aromatic N) is 2. The van der Waals surface area contributed by atoms with E-state index in [1.165, 1.54) is 4.31 Å². The summed E-state index contributed by atoms with van der Waals surface area (Å²) in [5.74, 6) is 0.798. The molecule has 0 spiro atoms. The maximum Gasteiger partial charge on any atom is 0.243 e. The van der Waals surface area contributed by atoms with Crippen LogP contribution in [0.1, 0.15) is 23.6 Å². The molecular weight excluding hydrogens is 388 g/mol. The summed E-state index contributed by atoms with van der Waals surface area (Å²) >= 11 is 0. The lowest BCUT2D eigenvalue weighted by Gasteiger charge is -2.34. The fourth-order valence-corrected chi connectivity index (χ4v) is 5.19. The van der Waals surface area contributed by atoms with E-state index in [0.717, 1.165) is 22.4 Å². The van der Waals surface area contributed by atoms with Crippen molar-refractivity contribution in [2.75, 3.05) is 32.8 Å². The van der Waals surface area contributed by atoms with Crippen LogP contribution in [0.2, 0.25) is 0 Å². The third kappa shape index (κ3) is 4.97. The predicted molar refractivity (Wildman–Crippen MR) is 113 cm³/mol. The topological polar surface area (TPSA) is 66.9 Å². The molecule has 1 amide bonds. The van der Waals surface area contributed by atoms with E-state index in [1.54, 1.807) is 11.0 Å². The summed E-state index contributed by atoms with van der Waals surface area (Å²) in [5.41, 5.74) is 2.58. The first kappa shape index (κ1) is 21.3. The van der Waals surface area contributed by atoms with E-state index in [9.17, 15) is 13.2 Å². The molecule has 2 aromatic carbocycles. The predicted octanol–water partition coefficient (Wildman–Crippen LogP) is 2.78. The molecule has 0 aliphatic carbocycles. The zero-order valence-corrected chi connectivity index (χ0v) is 18.0. The number of rotatable bonds is 6. The van der Waals surface area contributed by atoms with Gasteiger partial charge in [-0.3, -0.25) is 4.79 Å². The summed E-state index contributed by atoms with van der Waals surface area (Å²) in [5, 5.41) is 0. The average Bonchev–Trinajstić information content (AvgIpc) is 2.71. The molecule has 1 aliphatic rings. The van der Waals surface area contributed by atoms with E-state index in [0.29, 0.717) is 44.1 Å². The van der Waals surface area contributed by atoms with E-state index in [4.69, 9.17) is 4.74 Å². The van der Waals surface area contributed by atoms with Gasteiger partial charge in [0.15, 0.2) is 0 Å². The molecule has 2 aromatic rings. The van der Waals surface area contributed by atoms with Crippen LogP contribution in [0.25, 0.3) is 0 Å². The second-order valence-electron chi connectivity index (χ2n) is 7.31. The minimum Gasteiger partial charge on any atom is -0.494 e. The minimum absolute atomic E-state index is 0.0120. The number of carbonyl (C=O) groups is 1. The molecule has 0 unspecified atom stereocenters. The molecule has 0 saturated carbocycles. The summed E-state index contributed by atoms with van der Waals surface area (Å²) in [6.45, 7) is 7.65. The van der Waals surface area contributed by atoms with E-state index >= 15 is 0 Å². The Labute approximate surface area is 173 Å². The molecule has 0 atom stereocenters. The number of amides is 1. The fourth-order valence-electron chi connectivity index (χ4n) is 3.46. The summed E-state index contributed by atoms with van der Waals surface area (Å²) in [6, 6.07) is 13.0. The highest BCUT2D eigenvalue weighted by atomic mass is 32.2. The van der Waals surface area contributed by atoms with Gasteiger partial charge in [-0.05, 0) is 55.7 Å². The van der Waals surface area contributed by atoms with Gasteiger partial charge in [0.2, 0.25) is 15.9 Å². The Morgan fingerprint density at radius 1 is 1.00 bits per heavy atom. The second-order valence-corrected chi connectivity index (χ2v) is 9.21. The maximum atomic E-state index is 13.0. The van der Waals surface area contributed by atoms with Crippen molar-refractivity contribution in [2.24, 2.45) is 0 Å². The van der Waals surface area contributed by atoms with Gasteiger partial charge in [-0.15, -0.1) is 0 Å². The molecule has 6 nitrogen and oxygen atoms in total. The van der Waals surface area contributed by atoms with Crippen molar-refractivity contribution in [3.05, 3.63) is 59.2 Å². The molecule has 1 saturated heterocycles. The molecule has 29 heavy (non-hydrogen) atoms. The number of aryl methyl sites for hydroxylation is 2. The summed E-state index contributed by atoms with van der Waals surface area (Å²) < 4.78 is 32.9. The van der Waals surface area contributed by atoms with Crippen LogP contribution in [0.15, 0.2) is 47.4 Å². The van der Waals surface area contributed by atoms with E-state index in [2.05, 4.69) is 0 Å². The van der Waals surface area contributed by atoms with Crippen molar-refractivity contribution in [1.82, 2.24) is 9.21 Å². The lowest BCUT2D eigenvalue weighted by molar-refractivity contribution is -0.131. The number of hydrogen-bond donors (Lipinski definition) is 0. The highest BCUT2D eigenvalue weighted by molar-refractivity contribution is 7.89. The normalized spacial score (nSPS) is 15.3. The zero-order chi connectivity index (χ0) is 21.0. The van der Waals surface area contributed by atoms with Crippen LogP contribution in [-0.4, -0.2) is 56.3 Å². The molecule has 0 N–H and O–H groups in total. The highest BCUT2D eigenvalue weighted by Crippen LogP contribution is 2.22. The average molecular weight is 417 g/mol. The Morgan fingerprint density at radius 3 is 2.28 bits per heavy atom. The number of benzene rings is 2. The number of sulfonamides is 1. The molecule has 0 bridgehead atoms. The number of piperazine rings is 1. The molecule has 7 heteroatoms. The van der Waals surface area contributed by atoms with Crippen molar-refractivity contribution in [2.45, 2.75) is 32.1 Å². The van der Waals surface area contributed by atoms with Crippen LogP contribution in [0.5, 0.6) is 5.75 Å². The van der Waals surface area contributed by atoms with Crippen LogP contribution in [-0.2, 0) is 21.2 Å². The molecular formula is C22H28N2O4S. The number of carbonyl (C=O) groups excluding carboxylic acids is 1. The number of hydrogen-bond acceptors (Lipinski definition) is 4. The van der Waals surface area contributed by atoms with Gasteiger partial charge in [0.25, 0.3) is 0 Å². The molecule has 1 fully saturated rings. The molecule has 0 radical (unpaired) electrons. The quantitative estimate of drug-likeness (QED) is 0.726. The molecule has 1 heterocycles. The molecule has 1 aliphatic heterocycles. The van der Waals surface area contributed by atoms with Gasteiger partial charge in [-0.25, -0.2) is 8.42 Å². The summed E-state index contributed by atoms with van der Waals surface area (Å²) in [7, 11) is -3.55. The van der Waals surface area contributed by atoms with Crippen LogP contribution >= 0.6 is 0 Å². The van der Waals surface area contributed by atoms with Gasteiger partial charge in [-0.2, -0.15) is 4.31 Å². The summed E-state index contributed by atoms with van der Waals surface area (Å²) in [6.07, 6.45) is 0.302. The molecule has 0 aromatic heterocycles. The van der Waals surface area contributed by atoms with Crippen molar-refractivity contribution < 1.29 is 17.9 Å². The standard InChI is InChI=1S/C22H28N2O4S/c1-4-28-20-9-7-19(8-10-20)16-22(25)23-11-13-24(14-12-23)29(26,27)21-15-17(2)5-6-18(21)3/h5-10,15H,4,11-14,16H2,1-3H3. The molecule has 156 valence electrons. The van der Waals surface area contributed by atoms with Gasteiger partial charge in [0.05, 0.1) is 17.9 Å². The Kier molecular flexibility index (Phi) is 6.59. The van der Waals surface area contributed by atoms with E-state index < -0.39 is 10.0 Å². The van der Waals surface area contributed by atoms with Crippen LogP contribution in [0, 0.1) is 13.8 Å². The lowest BCUT2D eigenvalue weighted by atomic mass is 10.1. The Balaban J connectivity index is 1.61. The van der Waals surface area contributed by atoms with E-state index in [1.807, 2.05) is 57.2 Å². The lowest BCUT2D eigenvalue weighted by Crippen LogP contribution is -2.50. The Hall–Kier alpha value is -2.38. The largest absolute Gasteiger partial charge is 0.494 e. The van der Waals surface area contributed by atoms with Gasteiger partial charge < -0.3 is 9.64 Å². The fraction of sp³-hybridized carbons (Fsp3) is 0.409. The van der Waals surface area contributed by atoms with Crippen molar-refractivity contribution in [3.63, 3.8) is 0 Å². The van der Waals surface area contributed by atoms with Gasteiger partial charge in [-0.1, -0.05) is 24.3 Å². The minimum atomic E-state index is -3.55. The first-order valence-electron chi connectivity index (χ1n) is 9.88. The van der Waals surface area contributed by atoms with E-state index in [-0.39, 0.29) is 5.91 Å². The third-order valence-electron chi connectivity index (χ3n) is 5.14. The van der Waals surface area contributed by atoms with Crippen molar-refractivity contribution in [3.8, 4) is 5.75 Å². The number of ether oxygens (including phenoxy) is 1. The first-order chi connectivity index (χ1) is 13.8. The summed E-state index contributed by atoms with van der Waals surface area (Å²) in [4.78, 5) is 14.7. The van der Waals surface area contributed by atoms with Crippen LogP contribution in [0.3, 0.4) is 0 Å². The van der Waals surface area contributed by atoms with Crippen molar-refractivity contribution >= 4 is 15.9 Å². The Morgan fingerprint density at radius 2 is 1.66 bits per heavy atom. The zero-order valence-electron chi connectivity index (χ0n) is 17.2. The third-order valence-corrected chi connectivity index (χ3v) is 7.18. The van der Waals surface area contributed by atoms with Gasteiger partial charge in [0.1, 0.15) is 5.75 Å². The second kappa shape index (κ2) is 8.97. The monoisotopic (exact) mass is 416 g/mol. The van der Waals surface area contributed by atoms with Gasteiger partial charge >= 0.3 is 0 Å².